The van der Waals surface area contributed by atoms with Gasteiger partial charge in [-0.05, 0) is 31.2 Å². The van der Waals surface area contributed by atoms with Gasteiger partial charge in [0.25, 0.3) is 0 Å². The van der Waals surface area contributed by atoms with Gasteiger partial charge < -0.3 is 0 Å². The van der Waals surface area contributed by atoms with Crippen molar-refractivity contribution < 1.29 is 9.18 Å². The Kier molecular flexibility index (Phi) is 4.76. The first-order valence-corrected chi connectivity index (χ1v) is 7.26. The predicted octanol–water partition coefficient (Wildman–Crippen LogP) is 5.04. The molecule has 0 amide bonds. The van der Waals surface area contributed by atoms with E-state index in [0.29, 0.717) is 10.0 Å². The topological polar surface area (TPSA) is 40.9 Å². The Hall–Kier alpha value is -1.70. The van der Waals surface area contributed by atoms with E-state index >= 15 is 0 Å². The van der Waals surface area contributed by atoms with Gasteiger partial charge in [-0.15, -0.1) is 0 Å². The molecule has 21 heavy (non-hydrogen) atoms. The summed E-state index contributed by atoms with van der Waals surface area (Å²) < 4.78 is 14.5. The summed E-state index contributed by atoms with van der Waals surface area (Å²) >= 11 is 9.23. The lowest BCUT2D eigenvalue weighted by Crippen LogP contribution is -2.14. The van der Waals surface area contributed by atoms with Crippen LogP contribution in [0.2, 0.25) is 5.02 Å². The van der Waals surface area contributed by atoms with Crippen molar-refractivity contribution in [2.75, 3.05) is 0 Å². The number of carbonyl (C=O) groups is 1. The van der Waals surface area contributed by atoms with Crippen molar-refractivity contribution in [3.63, 3.8) is 0 Å². The first-order valence-electron chi connectivity index (χ1n) is 6.09. The van der Waals surface area contributed by atoms with E-state index in [-0.39, 0.29) is 10.6 Å². The van der Waals surface area contributed by atoms with Crippen molar-refractivity contribution in [1.29, 1.82) is 5.26 Å². The number of hydrogen-bond donors (Lipinski definition) is 0. The zero-order valence-corrected chi connectivity index (χ0v) is 13.4. The fourth-order valence-electron chi connectivity index (χ4n) is 2.02. The number of rotatable bonds is 3. The van der Waals surface area contributed by atoms with Crippen LogP contribution in [0.1, 0.15) is 27.4 Å². The summed E-state index contributed by atoms with van der Waals surface area (Å²) in [5.41, 5.74) is 1.12. The number of nitrogens with zero attached hydrogens (tertiary/aromatic N) is 1. The average Bonchev–Trinajstić information content (AvgIpc) is 2.45. The Balaban J connectivity index is 2.55. The van der Waals surface area contributed by atoms with Gasteiger partial charge in [0.1, 0.15) is 11.7 Å². The number of nitriles is 1. The van der Waals surface area contributed by atoms with Crippen LogP contribution >= 0.6 is 27.5 Å². The smallest absolute Gasteiger partial charge is 0.185 e. The summed E-state index contributed by atoms with van der Waals surface area (Å²) in [4.78, 5) is 12.6. The van der Waals surface area contributed by atoms with Crippen LogP contribution < -0.4 is 0 Å². The summed E-state index contributed by atoms with van der Waals surface area (Å²) in [6, 6.07) is 11.1. The molecule has 0 radical (unpaired) electrons. The molecule has 0 N–H and O–H groups in total. The number of Topliss-reactive ketones (excluding diaryl/α,β-unsaturated/α-hetero) is 1. The van der Waals surface area contributed by atoms with E-state index in [9.17, 15) is 14.4 Å². The minimum absolute atomic E-state index is 0.0682. The second-order valence-electron chi connectivity index (χ2n) is 4.54. The molecular weight excluding hydrogens is 357 g/mol. The van der Waals surface area contributed by atoms with Crippen LogP contribution in [-0.2, 0) is 0 Å². The van der Waals surface area contributed by atoms with Crippen LogP contribution in [-0.4, -0.2) is 5.78 Å². The van der Waals surface area contributed by atoms with E-state index in [0.717, 1.165) is 5.56 Å². The van der Waals surface area contributed by atoms with Crippen molar-refractivity contribution in [2.45, 2.75) is 12.8 Å². The van der Waals surface area contributed by atoms with Gasteiger partial charge in [-0.25, -0.2) is 4.39 Å². The Morgan fingerprint density at radius 3 is 2.71 bits per heavy atom. The molecule has 2 rings (SSSR count). The molecule has 0 spiro atoms. The lowest BCUT2D eigenvalue weighted by atomic mass is 9.91. The number of halogens is 3. The summed E-state index contributed by atoms with van der Waals surface area (Å²) in [7, 11) is 0. The minimum atomic E-state index is -1.28. The molecule has 5 heteroatoms. The molecule has 2 nitrogen and oxygen atoms in total. The van der Waals surface area contributed by atoms with Gasteiger partial charge in [0.05, 0.1) is 6.07 Å². The molecule has 1 unspecified atom stereocenters. The monoisotopic (exact) mass is 365 g/mol. The standard InChI is InChI=1S/C16H10BrClFNO/c1-9-5-6-12(17)10(7-9)16(21)11(8-20)15-13(18)3-2-4-14(15)19/h2-7,11H,1H3. The molecule has 0 aliphatic carbocycles. The van der Waals surface area contributed by atoms with Gasteiger partial charge in [0.2, 0.25) is 0 Å². The van der Waals surface area contributed by atoms with E-state index in [1.807, 2.05) is 19.1 Å². The van der Waals surface area contributed by atoms with Crippen molar-refractivity contribution in [2.24, 2.45) is 0 Å². The third-order valence-electron chi connectivity index (χ3n) is 3.07. The Labute approximate surface area is 135 Å². The zero-order valence-electron chi connectivity index (χ0n) is 11.0. The summed E-state index contributed by atoms with van der Waals surface area (Å²) in [5, 5.41) is 9.38. The first kappa shape index (κ1) is 15.7. The highest BCUT2D eigenvalue weighted by molar-refractivity contribution is 9.10. The van der Waals surface area contributed by atoms with E-state index in [1.54, 1.807) is 12.1 Å². The molecule has 0 aliphatic heterocycles. The van der Waals surface area contributed by atoms with Crippen LogP contribution in [0.3, 0.4) is 0 Å². The molecule has 0 saturated carbocycles. The largest absolute Gasteiger partial charge is 0.292 e. The van der Waals surface area contributed by atoms with Crippen molar-refractivity contribution in [3.05, 3.63) is 68.4 Å². The average molecular weight is 367 g/mol. The summed E-state index contributed by atoms with van der Waals surface area (Å²) in [6.07, 6.45) is 0. The van der Waals surface area contributed by atoms with Crippen molar-refractivity contribution in [1.82, 2.24) is 0 Å². The van der Waals surface area contributed by atoms with Crippen LogP contribution in [0.5, 0.6) is 0 Å². The highest BCUT2D eigenvalue weighted by Gasteiger charge is 2.28. The maximum Gasteiger partial charge on any atom is 0.185 e. The van der Waals surface area contributed by atoms with Crippen molar-refractivity contribution >= 4 is 33.3 Å². The van der Waals surface area contributed by atoms with Crippen LogP contribution in [0.15, 0.2) is 40.9 Å². The second-order valence-corrected chi connectivity index (χ2v) is 5.81. The number of carbonyl (C=O) groups excluding carboxylic acids is 1. The maximum absolute atomic E-state index is 13.9. The quantitative estimate of drug-likeness (QED) is 0.714. The normalized spacial score (nSPS) is 11.8. The van der Waals surface area contributed by atoms with Gasteiger partial charge >= 0.3 is 0 Å². The van der Waals surface area contributed by atoms with Crippen molar-refractivity contribution in [3.8, 4) is 6.07 Å². The van der Waals surface area contributed by atoms with E-state index < -0.39 is 17.5 Å². The fourth-order valence-corrected chi connectivity index (χ4v) is 2.74. The Morgan fingerprint density at radius 2 is 2.10 bits per heavy atom. The van der Waals surface area contributed by atoms with Gasteiger partial charge in [0.15, 0.2) is 5.78 Å². The highest BCUT2D eigenvalue weighted by atomic mass is 79.9. The Bertz CT molecular complexity index is 734. The van der Waals surface area contributed by atoms with Gasteiger partial charge in [-0.3, -0.25) is 4.79 Å². The molecule has 0 bridgehead atoms. The molecule has 0 saturated heterocycles. The van der Waals surface area contributed by atoms with E-state index in [1.165, 1.54) is 18.2 Å². The summed E-state index contributed by atoms with van der Waals surface area (Å²) in [5.74, 6) is -2.43. The van der Waals surface area contributed by atoms with Gasteiger partial charge in [-0.2, -0.15) is 5.26 Å². The number of hydrogen-bond acceptors (Lipinski definition) is 2. The predicted molar refractivity (Wildman–Crippen MR) is 83.0 cm³/mol. The molecule has 0 aromatic heterocycles. The number of benzene rings is 2. The van der Waals surface area contributed by atoms with Gasteiger partial charge in [-0.1, -0.05) is 45.2 Å². The van der Waals surface area contributed by atoms with E-state index in [4.69, 9.17) is 11.6 Å². The van der Waals surface area contributed by atoms with Crippen LogP contribution in [0.4, 0.5) is 4.39 Å². The number of aryl methyl sites for hydroxylation is 1. The van der Waals surface area contributed by atoms with Crippen LogP contribution in [0, 0.1) is 24.1 Å². The molecule has 2 aromatic rings. The molecule has 1 atom stereocenters. The second kappa shape index (κ2) is 6.38. The van der Waals surface area contributed by atoms with Crippen LogP contribution in [0.25, 0.3) is 0 Å². The lowest BCUT2D eigenvalue weighted by molar-refractivity contribution is 0.0976. The SMILES string of the molecule is Cc1ccc(Br)c(C(=O)C(C#N)c2c(F)cccc2Cl)c1. The lowest BCUT2D eigenvalue weighted by Gasteiger charge is -2.13. The first-order chi connectivity index (χ1) is 9.95. The molecule has 0 fully saturated rings. The minimum Gasteiger partial charge on any atom is -0.292 e. The maximum atomic E-state index is 13.9. The van der Waals surface area contributed by atoms with E-state index in [2.05, 4.69) is 15.9 Å². The zero-order chi connectivity index (χ0) is 15.6. The third-order valence-corrected chi connectivity index (χ3v) is 4.09. The Morgan fingerprint density at radius 1 is 1.38 bits per heavy atom. The molecule has 0 heterocycles. The molecule has 106 valence electrons. The highest BCUT2D eigenvalue weighted by Crippen LogP contribution is 2.31. The summed E-state index contributed by atoms with van der Waals surface area (Å²) in [6.45, 7) is 1.83. The fraction of sp³-hybridized carbons (Fsp3) is 0.125. The molecule has 2 aromatic carbocycles. The third kappa shape index (κ3) is 3.15. The molecule has 0 aliphatic rings. The van der Waals surface area contributed by atoms with Gasteiger partial charge in [0, 0.05) is 20.6 Å². The molecular formula is C16H10BrClFNO. The number of ketones is 1.